The molecular formula is C8H16N2O2S. The number of nitrogens with one attached hydrogen (secondary N) is 1. The smallest absolute Gasteiger partial charge is 0.227 e. The van der Waals surface area contributed by atoms with Crippen LogP contribution in [0, 0.1) is 11.8 Å². The fraction of sp³-hybridized carbons (Fsp3) is 1.00. The Morgan fingerprint density at radius 2 is 2.23 bits per heavy atom. The van der Waals surface area contributed by atoms with Crippen molar-refractivity contribution in [1.82, 2.24) is 9.62 Å². The van der Waals surface area contributed by atoms with Gasteiger partial charge in [0.2, 0.25) is 10.0 Å². The Morgan fingerprint density at radius 1 is 1.54 bits per heavy atom. The van der Waals surface area contributed by atoms with Crippen LogP contribution in [0.5, 0.6) is 0 Å². The first-order chi connectivity index (χ1) is 6.09. The first-order valence-corrected chi connectivity index (χ1v) is 6.39. The second-order valence-electron chi connectivity index (χ2n) is 4.09. The second kappa shape index (κ2) is 3.22. The summed E-state index contributed by atoms with van der Waals surface area (Å²) in [4.78, 5) is 0. The van der Waals surface area contributed by atoms with Crippen LogP contribution in [0.4, 0.5) is 0 Å². The molecule has 1 aliphatic carbocycles. The van der Waals surface area contributed by atoms with Crippen molar-refractivity contribution in [3.05, 3.63) is 0 Å². The molecule has 1 heterocycles. The molecule has 5 heteroatoms. The average Bonchev–Trinajstić information content (AvgIpc) is 2.71. The molecule has 1 N–H and O–H groups in total. The summed E-state index contributed by atoms with van der Waals surface area (Å²) in [5.41, 5.74) is 0. The zero-order valence-corrected chi connectivity index (χ0v) is 8.68. The molecule has 0 spiro atoms. The van der Waals surface area contributed by atoms with Crippen molar-refractivity contribution in [1.29, 1.82) is 0 Å². The molecule has 76 valence electrons. The van der Waals surface area contributed by atoms with Crippen molar-refractivity contribution in [2.75, 3.05) is 25.5 Å². The molecule has 1 saturated heterocycles. The lowest BCUT2D eigenvalue weighted by Crippen LogP contribution is -2.48. The summed E-state index contributed by atoms with van der Waals surface area (Å²) in [6.07, 6.45) is 1.19. The summed E-state index contributed by atoms with van der Waals surface area (Å²) < 4.78 is 24.7. The number of hydrogen-bond acceptors (Lipinski definition) is 3. The van der Waals surface area contributed by atoms with Crippen LogP contribution in [0.1, 0.15) is 13.3 Å². The minimum atomic E-state index is -2.98. The maximum Gasteiger partial charge on any atom is 0.227 e. The highest BCUT2D eigenvalue weighted by Gasteiger charge is 2.37. The van der Waals surface area contributed by atoms with E-state index in [1.165, 1.54) is 6.42 Å². The molecule has 2 atom stereocenters. The van der Waals surface area contributed by atoms with Gasteiger partial charge in [-0.15, -0.1) is 0 Å². The van der Waals surface area contributed by atoms with Crippen molar-refractivity contribution >= 4 is 10.0 Å². The van der Waals surface area contributed by atoms with E-state index in [9.17, 15) is 8.42 Å². The maximum atomic E-state index is 11.5. The van der Waals surface area contributed by atoms with Crippen LogP contribution in [0.15, 0.2) is 0 Å². The zero-order chi connectivity index (χ0) is 9.47. The van der Waals surface area contributed by atoms with Crippen LogP contribution in [0.25, 0.3) is 0 Å². The Morgan fingerprint density at radius 3 is 2.77 bits per heavy atom. The van der Waals surface area contributed by atoms with E-state index in [1.807, 2.05) is 0 Å². The van der Waals surface area contributed by atoms with Crippen LogP contribution < -0.4 is 5.32 Å². The van der Waals surface area contributed by atoms with Gasteiger partial charge in [-0.3, -0.25) is 0 Å². The number of rotatable bonds is 2. The summed E-state index contributed by atoms with van der Waals surface area (Å²) in [7, 11) is -2.98. The summed E-state index contributed by atoms with van der Waals surface area (Å²) in [6.45, 7) is 4.36. The van der Waals surface area contributed by atoms with Gasteiger partial charge < -0.3 is 5.32 Å². The predicted molar refractivity (Wildman–Crippen MR) is 50.6 cm³/mol. The molecule has 4 nitrogen and oxygen atoms in total. The normalized spacial score (nSPS) is 38.8. The van der Waals surface area contributed by atoms with E-state index in [4.69, 9.17) is 0 Å². The fourth-order valence-electron chi connectivity index (χ4n) is 1.76. The molecule has 2 aliphatic rings. The molecule has 1 saturated carbocycles. The van der Waals surface area contributed by atoms with E-state index in [2.05, 4.69) is 12.2 Å². The van der Waals surface area contributed by atoms with Gasteiger partial charge >= 0.3 is 0 Å². The first kappa shape index (κ1) is 9.43. The lowest BCUT2D eigenvalue weighted by Gasteiger charge is -2.26. The Bertz CT molecular complexity index is 289. The van der Waals surface area contributed by atoms with Crippen LogP contribution in [-0.4, -0.2) is 38.2 Å². The predicted octanol–water partition coefficient (Wildman–Crippen LogP) is -0.165. The van der Waals surface area contributed by atoms with Crippen molar-refractivity contribution in [3.63, 3.8) is 0 Å². The van der Waals surface area contributed by atoms with Gasteiger partial charge in [-0.05, 0) is 18.3 Å². The molecule has 1 aliphatic heterocycles. The third kappa shape index (κ3) is 2.03. The van der Waals surface area contributed by atoms with Gasteiger partial charge in [-0.25, -0.2) is 8.42 Å². The Kier molecular flexibility index (Phi) is 2.33. The molecule has 0 radical (unpaired) electrons. The van der Waals surface area contributed by atoms with Gasteiger partial charge in [0.05, 0.1) is 0 Å². The molecule has 0 aromatic carbocycles. The molecule has 2 fully saturated rings. The zero-order valence-electron chi connectivity index (χ0n) is 7.86. The van der Waals surface area contributed by atoms with Gasteiger partial charge in [-0.2, -0.15) is 4.31 Å². The van der Waals surface area contributed by atoms with Crippen LogP contribution >= 0.6 is 0 Å². The Balaban J connectivity index is 1.96. The monoisotopic (exact) mass is 204 g/mol. The molecule has 2 unspecified atom stereocenters. The van der Waals surface area contributed by atoms with Crippen molar-refractivity contribution in [2.24, 2.45) is 11.8 Å². The van der Waals surface area contributed by atoms with Gasteiger partial charge in [0, 0.05) is 19.6 Å². The van der Waals surface area contributed by atoms with Crippen molar-refractivity contribution in [3.8, 4) is 0 Å². The van der Waals surface area contributed by atoms with Gasteiger partial charge in [0.1, 0.15) is 5.88 Å². The maximum absolute atomic E-state index is 11.5. The third-order valence-corrected chi connectivity index (χ3v) is 4.62. The minimum absolute atomic E-state index is 0.119. The fourth-order valence-corrected chi connectivity index (χ4v) is 3.13. The van der Waals surface area contributed by atoms with E-state index < -0.39 is 10.0 Å². The molecular weight excluding hydrogens is 188 g/mol. The van der Waals surface area contributed by atoms with Gasteiger partial charge in [0.25, 0.3) is 0 Å². The first-order valence-electron chi connectivity index (χ1n) is 4.78. The minimum Gasteiger partial charge on any atom is -0.301 e. The largest absolute Gasteiger partial charge is 0.301 e. The second-order valence-corrected chi connectivity index (χ2v) is 6.06. The molecule has 0 amide bonds. The number of nitrogens with zero attached hydrogens (tertiary/aromatic N) is 1. The molecule has 2 rings (SSSR count). The van der Waals surface area contributed by atoms with E-state index in [0.29, 0.717) is 12.5 Å². The number of sulfonamides is 1. The van der Waals surface area contributed by atoms with E-state index in [1.54, 1.807) is 4.31 Å². The summed E-state index contributed by atoms with van der Waals surface area (Å²) in [6, 6.07) is 0. The third-order valence-electron chi connectivity index (χ3n) is 2.93. The van der Waals surface area contributed by atoms with Crippen molar-refractivity contribution < 1.29 is 8.42 Å². The van der Waals surface area contributed by atoms with Crippen LogP contribution in [-0.2, 0) is 10.0 Å². The molecule has 0 bridgehead atoms. The van der Waals surface area contributed by atoms with E-state index in [0.717, 1.165) is 19.0 Å². The average molecular weight is 204 g/mol. The SMILES string of the molecule is CC1CC1CN1CCNCS1(=O)=O. The van der Waals surface area contributed by atoms with E-state index >= 15 is 0 Å². The van der Waals surface area contributed by atoms with E-state index in [-0.39, 0.29) is 5.88 Å². The molecule has 0 aromatic rings. The topological polar surface area (TPSA) is 49.4 Å². The Labute approximate surface area is 79.4 Å². The highest BCUT2D eigenvalue weighted by atomic mass is 32.2. The summed E-state index contributed by atoms with van der Waals surface area (Å²) in [5.74, 6) is 1.46. The Hall–Kier alpha value is -0.130. The van der Waals surface area contributed by atoms with Crippen LogP contribution in [0.3, 0.4) is 0 Å². The standard InChI is InChI=1S/C8H16N2O2S/c1-7-4-8(7)5-10-3-2-9-6-13(10,11)12/h7-9H,2-6H2,1H3. The van der Waals surface area contributed by atoms with Crippen molar-refractivity contribution in [2.45, 2.75) is 13.3 Å². The highest BCUT2D eigenvalue weighted by molar-refractivity contribution is 7.89. The molecule has 13 heavy (non-hydrogen) atoms. The summed E-state index contributed by atoms with van der Waals surface area (Å²) in [5, 5.41) is 2.88. The lowest BCUT2D eigenvalue weighted by molar-refractivity contribution is 0.367. The molecule has 0 aromatic heterocycles. The van der Waals surface area contributed by atoms with Crippen LogP contribution in [0.2, 0.25) is 0 Å². The van der Waals surface area contributed by atoms with Gasteiger partial charge in [-0.1, -0.05) is 6.92 Å². The summed E-state index contributed by atoms with van der Waals surface area (Å²) >= 11 is 0. The number of hydrogen-bond donors (Lipinski definition) is 1. The lowest BCUT2D eigenvalue weighted by atomic mass is 10.3. The van der Waals surface area contributed by atoms with Gasteiger partial charge in [0.15, 0.2) is 0 Å². The quantitative estimate of drug-likeness (QED) is 0.679. The highest BCUT2D eigenvalue weighted by Crippen LogP contribution is 2.38.